The Labute approximate surface area is 145 Å². The Bertz CT molecular complexity index is 941. The minimum atomic E-state index is -4.65. The predicted octanol–water partition coefficient (Wildman–Crippen LogP) is 3.15. The summed E-state index contributed by atoms with van der Waals surface area (Å²) < 4.78 is 50.1. The number of benzene rings is 1. The molecule has 0 atom stereocenters. The number of hydrogen-bond donors (Lipinski definition) is 2. The summed E-state index contributed by atoms with van der Waals surface area (Å²) >= 11 is 0. The van der Waals surface area contributed by atoms with Crippen LogP contribution >= 0.6 is 0 Å². The van der Waals surface area contributed by atoms with Gasteiger partial charge < -0.3 is 19.8 Å². The van der Waals surface area contributed by atoms with Gasteiger partial charge in [0.15, 0.2) is 23.0 Å². The highest BCUT2D eigenvalue weighted by Crippen LogP contribution is 2.32. The Hall–Kier alpha value is -3.04. The van der Waals surface area contributed by atoms with Crippen LogP contribution in [0.2, 0.25) is 0 Å². The Morgan fingerprint density at radius 1 is 1.12 bits per heavy atom. The number of nitrogens with one attached hydrogen (secondary N) is 2. The lowest BCUT2D eigenvalue weighted by atomic mass is 10.2. The first-order valence-corrected chi connectivity index (χ1v) is 7.91. The van der Waals surface area contributed by atoms with E-state index in [9.17, 15) is 13.2 Å². The number of aromatic amines is 1. The zero-order valence-electron chi connectivity index (χ0n) is 13.4. The maximum Gasteiger partial charge on any atom is 0.451 e. The predicted molar refractivity (Wildman–Crippen MR) is 86.1 cm³/mol. The molecule has 0 fully saturated rings. The first-order chi connectivity index (χ1) is 12.5. The number of aromatic nitrogens is 4. The molecule has 1 aromatic carbocycles. The Kier molecular flexibility index (Phi) is 4.02. The molecule has 1 aliphatic rings. The van der Waals surface area contributed by atoms with E-state index in [1.165, 1.54) is 6.33 Å². The second-order valence-corrected chi connectivity index (χ2v) is 5.68. The van der Waals surface area contributed by atoms with Gasteiger partial charge in [-0.1, -0.05) is 6.07 Å². The molecule has 0 bridgehead atoms. The number of H-pyrrole nitrogens is 1. The van der Waals surface area contributed by atoms with Gasteiger partial charge in [-0.25, -0.2) is 15.0 Å². The van der Waals surface area contributed by atoms with Gasteiger partial charge in [-0.15, -0.1) is 0 Å². The summed E-state index contributed by atoms with van der Waals surface area (Å²) in [5, 5.41) is 2.91. The van der Waals surface area contributed by atoms with Crippen molar-refractivity contribution < 1.29 is 22.6 Å². The average Bonchev–Trinajstić information content (AvgIpc) is 2.96. The minimum absolute atomic E-state index is 0.0342. The molecule has 7 nitrogen and oxygen atoms in total. The summed E-state index contributed by atoms with van der Waals surface area (Å²) in [6, 6.07) is 5.39. The summed E-state index contributed by atoms with van der Waals surface area (Å²) in [5.41, 5.74) is 1.08. The molecule has 1 aliphatic heterocycles. The van der Waals surface area contributed by atoms with Crippen LogP contribution in [-0.4, -0.2) is 33.1 Å². The summed E-state index contributed by atoms with van der Waals surface area (Å²) in [4.78, 5) is 13.6. The van der Waals surface area contributed by atoms with E-state index in [-0.39, 0.29) is 18.0 Å². The van der Waals surface area contributed by atoms with Gasteiger partial charge in [0.2, 0.25) is 5.82 Å². The monoisotopic (exact) mass is 365 g/mol. The number of alkyl halides is 3. The molecule has 136 valence electrons. The number of anilines is 1. The summed E-state index contributed by atoms with van der Waals surface area (Å²) in [7, 11) is 0. The molecule has 3 aromatic rings. The third kappa shape index (κ3) is 3.22. The molecule has 0 spiro atoms. The van der Waals surface area contributed by atoms with Crippen molar-refractivity contribution in [2.45, 2.75) is 19.1 Å². The van der Waals surface area contributed by atoms with Crippen LogP contribution in [0.15, 0.2) is 24.5 Å². The third-order valence-corrected chi connectivity index (χ3v) is 3.81. The number of rotatable bonds is 3. The molecule has 3 heterocycles. The fourth-order valence-electron chi connectivity index (χ4n) is 2.59. The molecule has 0 aliphatic carbocycles. The molecule has 2 aromatic heterocycles. The lowest BCUT2D eigenvalue weighted by Gasteiger charge is -2.12. The van der Waals surface area contributed by atoms with Gasteiger partial charge in [-0.05, 0) is 17.7 Å². The van der Waals surface area contributed by atoms with Crippen molar-refractivity contribution in [2.24, 2.45) is 0 Å². The van der Waals surface area contributed by atoms with Gasteiger partial charge in [-0.2, -0.15) is 13.2 Å². The average molecular weight is 365 g/mol. The topological polar surface area (TPSA) is 85.0 Å². The van der Waals surface area contributed by atoms with Crippen LogP contribution in [-0.2, 0) is 12.7 Å². The van der Waals surface area contributed by atoms with Gasteiger partial charge in [0.1, 0.15) is 5.52 Å². The third-order valence-electron chi connectivity index (χ3n) is 3.81. The van der Waals surface area contributed by atoms with E-state index in [0.717, 1.165) is 12.0 Å². The molecular formula is C16H14F3N5O2. The van der Waals surface area contributed by atoms with Crippen molar-refractivity contribution in [3.63, 3.8) is 0 Å². The molecular weight excluding hydrogens is 351 g/mol. The van der Waals surface area contributed by atoms with Gasteiger partial charge in [0.05, 0.1) is 19.5 Å². The number of hydrogen-bond acceptors (Lipinski definition) is 6. The van der Waals surface area contributed by atoms with Crippen LogP contribution < -0.4 is 14.8 Å². The zero-order valence-corrected chi connectivity index (χ0v) is 13.4. The molecule has 10 heteroatoms. The number of ether oxygens (including phenoxy) is 2. The second kappa shape index (κ2) is 6.36. The van der Waals surface area contributed by atoms with E-state index in [2.05, 4.69) is 25.3 Å². The lowest BCUT2D eigenvalue weighted by Crippen LogP contribution is -2.13. The molecule has 26 heavy (non-hydrogen) atoms. The van der Waals surface area contributed by atoms with E-state index in [0.29, 0.717) is 30.2 Å². The highest BCUT2D eigenvalue weighted by molar-refractivity contribution is 5.82. The number of fused-ring (bicyclic) bond motifs is 2. The highest BCUT2D eigenvalue weighted by atomic mass is 19.4. The van der Waals surface area contributed by atoms with Crippen LogP contribution in [0.5, 0.6) is 11.5 Å². The smallest absolute Gasteiger partial charge is 0.451 e. The van der Waals surface area contributed by atoms with Gasteiger partial charge >= 0.3 is 6.18 Å². The highest BCUT2D eigenvalue weighted by Gasteiger charge is 2.36. The maximum atomic E-state index is 13.0. The standard InChI is InChI=1S/C16H14F3N5O2/c17-16(18,19)15-23-13(12-14(24-15)22-8-21-12)20-7-9-2-3-10-11(6-9)26-5-1-4-25-10/h2-3,6,8H,1,4-5,7H2,(H2,20,21,22,23,24). The van der Waals surface area contributed by atoms with Crippen molar-refractivity contribution in [1.82, 2.24) is 19.9 Å². The molecule has 2 N–H and O–H groups in total. The van der Waals surface area contributed by atoms with E-state index in [4.69, 9.17) is 9.47 Å². The molecule has 4 rings (SSSR count). The van der Waals surface area contributed by atoms with Crippen LogP contribution in [0.1, 0.15) is 17.8 Å². The molecule has 0 amide bonds. The van der Waals surface area contributed by atoms with Crippen molar-refractivity contribution in [2.75, 3.05) is 18.5 Å². The lowest BCUT2D eigenvalue weighted by molar-refractivity contribution is -0.144. The zero-order chi connectivity index (χ0) is 18.1. The largest absolute Gasteiger partial charge is 0.490 e. The summed E-state index contributed by atoms with van der Waals surface area (Å²) in [6.07, 6.45) is -2.59. The van der Waals surface area contributed by atoms with Crippen molar-refractivity contribution in [1.29, 1.82) is 0 Å². The maximum absolute atomic E-state index is 13.0. The molecule has 0 unspecified atom stereocenters. The van der Waals surface area contributed by atoms with Gasteiger partial charge in [0, 0.05) is 13.0 Å². The Morgan fingerprint density at radius 3 is 2.73 bits per heavy atom. The van der Waals surface area contributed by atoms with Crippen LogP contribution in [0, 0.1) is 0 Å². The number of nitrogens with zero attached hydrogens (tertiary/aromatic N) is 3. The van der Waals surface area contributed by atoms with Gasteiger partial charge in [0.25, 0.3) is 0 Å². The minimum Gasteiger partial charge on any atom is -0.490 e. The van der Waals surface area contributed by atoms with E-state index >= 15 is 0 Å². The van der Waals surface area contributed by atoms with E-state index < -0.39 is 12.0 Å². The van der Waals surface area contributed by atoms with Crippen molar-refractivity contribution in [3.8, 4) is 11.5 Å². The molecule has 0 saturated carbocycles. The van der Waals surface area contributed by atoms with E-state index in [1.807, 2.05) is 6.07 Å². The second-order valence-electron chi connectivity index (χ2n) is 5.68. The van der Waals surface area contributed by atoms with Crippen LogP contribution in [0.4, 0.5) is 19.0 Å². The van der Waals surface area contributed by atoms with Crippen LogP contribution in [0.3, 0.4) is 0 Å². The SMILES string of the molecule is FC(F)(F)c1nc(NCc2ccc3c(c2)OCCCO3)c2[nH]cnc2n1. The first kappa shape index (κ1) is 16.4. The fraction of sp³-hybridized carbons (Fsp3) is 0.312. The molecule has 0 saturated heterocycles. The Balaban J connectivity index is 1.60. The summed E-state index contributed by atoms with van der Waals surface area (Å²) in [5.74, 6) is 0.0703. The fourth-order valence-corrected chi connectivity index (χ4v) is 2.59. The van der Waals surface area contributed by atoms with Gasteiger partial charge in [-0.3, -0.25) is 0 Å². The van der Waals surface area contributed by atoms with Crippen molar-refractivity contribution >= 4 is 17.0 Å². The quantitative estimate of drug-likeness (QED) is 0.742. The number of imidazole rings is 1. The summed E-state index contributed by atoms with van der Waals surface area (Å²) in [6.45, 7) is 1.39. The van der Waals surface area contributed by atoms with Crippen LogP contribution in [0.25, 0.3) is 11.2 Å². The Morgan fingerprint density at radius 2 is 1.92 bits per heavy atom. The van der Waals surface area contributed by atoms with E-state index in [1.54, 1.807) is 12.1 Å². The number of halogens is 3. The first-order valence-electron chi connectivity index (χ1n) is 7.91. The normalized spacial score (nSPS) is 14.3. The molecule has 0 radical (unpaired) electrons. The van der Waals surface area contributed by atoms with Crippen molar-refractivity contribution in [3.05, 3.63) is 35.9 Å².